The van der Waals surface area contributed by atoms with Gasteiger partial charge in [0.15, 0.2) is 11.9 Å². The predicted molar refractivity (Wildman–Crippen MR) is 303 cm³/mol. The molecule has 4 rings (SSSR count). The number of hydrogen-bond acceptors (Lipinski definition) is 15. The van der Waals surface area contributed by atoms with Crippen LogP contribution >= 0.6 is 0 Å². The summed E-state index contributed by atoms with van der Waals surface area (Å²) >= 11 is 0. The van der Waals surface area contributed by atoms with E-state index in [4.69, 9.17) is 18.9 Å². The minimum atomic E-state index is -1.77. The summed E-state index contributed by atoms with van der Waals surface area (Å²) in [5.74, 6) is -9.80. The van der Waals surface area contributed by atoms with Crippen LogP contribution in [0, 0.1) is 29.6 Å². The van der Waals surface area contributed by atoms with Gasteiger partial charge in [0.1, 0.15) is 54.7 Å². The average Bonchev–Trinajstić information content (AvgIpc) is 3.96. The summed E-state index contributed by atoms with van der Waals surface area (Å²) in [6.07, 6.45) is -5.30. The van der Waals surface area contributed by atoms with Gasteiger partial charge in [0, 0.05) is 27.1 Å². The van der Waals surface area contributed by atoms with E-state index in [0.29, 0.717) is 29.7 Å². The predicted octanol–water partition coefficient (Wildman–Crippen LogP) is 4.26. The number of ether oxygens (including phenoxy) is 4. The molecule has 2 aliphatic heterocycles. The van der Waals surface area contributed by atoms with Gasteiger partial charge in [-0.2, -0.15) is 0 Å². The summed E-state index contributed by atoms with van der Waals surface area (Å²) in [6, 6.07) is 6.45. The largest absolute Gasteiger partial charge is 0.497 e. The number of esters is 2. The van der Waals surface area contributed by atoms with Gasteiger partial charge in [-0.05, 0) is 93.4 Å². The van der Waals surface area contributed by atoms with Gasteiger partial charge in [0.25, 0.3) is 0 Å². The highest BCUT2D eigenvalue weighted by Crippen LogP contribution is 2.26. The molecular formula is C60H89N7O15. The third-order valence-electron chi connectivity index (χ3n) is 15.2. The van der Waals surface area contributed by atoms with Crippen molar-refractivity contribution in [3.05, 3.63) is 65.7 Å². The molecule has 0 spiro atoms. The van der Waals surface area contributed by atoms with Crippen molar-refractivity contribution in [2.45, 2.75) is 188 Å². The molecule has 22 nitrogen and oxygen atoms in total. The van der Waals surface area contributed by atoms with Gasteiger partial charge in [-0.3, -0.25) is 38.4 Å². The Labute approximate surface area is 482 Å². The van der Waals surface area contributed by atoms with Crippen LogP contribution in [0.1, 0.15) is 126 Å². The Balaban J connectivity index is 1.84. The van der Waals surface area contributed by atoms with E-state index >= 15 is 4.79 Å². The highest BCUT2D eigenvalue weighted by atomic mass is 16.6. The van der Waals surface area contributed by atoms with Gasteiger partial charge in [-0.1, -0.05) is 104 Å². The van der Waals surface area contributed by atoms with Crippen molar-refractivity contribution >= 4 is 59.3 Å². The first-order valence-electron chi connectivity index (χ1n) is 28.6. The molecule has 0 radical (unpaired) electrons. The highest BCUT2D eigenvalue weighted by molar-refractivity contribution is 6.05. The number of amides is 7. The normalized spacial score (nSPS) is 25.0. The lowest BCUT2D eigenvalue weighted by Crippen LogP contribution is -2.62. The number of aliphatic hydroxyl groups is 1. The van der Waals surface area contributed by atoms with Crippen LogP contribution in [0.15, 0.2) is 54.6 Å². The number of Topliss-reactive ketones (excluding diaryl/α,β-unsaturated/α-hetero) is 1. The van der Waals surface area contributed by atoms with Crippen LogP contribution < -0.4 is 26.0 Å². The zero-order valence-electron chi connectivity index (χ0n) is 50.2. The Morgan fingerprint density at radius 2 is 1.49 bits per heavy atom. The van der Waals surface area contributed by atoms with Crippen molar-refractivity contribution in [3.63, 3.8) is 0 Å². The molecule has 22 heteroatoms. The van der Waals surface area contributed by atoms with E-state index in [1.807, 2.05) is 33.8 Å². The standard InChI is InChI=1S/C60H89N7O15/c1-15-36(8)49-47(68)31-48(69)82-52(35(6)7)51(70)37(9)53(71)62-43(28-33(2)3)57(75)67-27-19-22-44(67)58(76)66(13)46(30-40-23-25-42(79-14)26-24-40)59(77)81-39(11)50(55(73)63-49)64-54(72)45(29-34(4)5)65(12)56(74)38(10)61-60(78)80-32-41-20-17-16-18-21-41/h16-18,20-21,23-26,33-39,43-47,49-50,52,68H,15,19,22,27-32H2,1-14H3,(H,61,78)(H,62,71)(H,63,73)(H,64,72)/t36-,37-,38-,39+,43-,44-,45+,46-,47-,49+,50+,52-/m0/s1. The van der Waals surface area contributed by atoms with Crippen LogP contribution in [0.25, 0.3) is 0 Å². The Kier molecular flexibility index (Phi) is 25.8. The zero-order chi connectivity index (χ0) is 61.3. The Morgan fingerprint density at radius 1 is 0.841 bits per heavy atom. The second-order valence-electron chi connectivity index (χ2n) is 23.0. The van der Waals surface area contributed by atoms with E-state index in [2.05, 4.69) is 21.3 Å². The number of rotatable bonds is 17. The molecule has 454 valence electrons. The van der Waals surface area contributed by atoms with E-state index in [0.717, 1.165) is 4.90 Å². The number of nitrogens with zero attached hydrogens (tertiary/aromatic N) is 3. The second-order valence-corrected chi connectivity index (χ2v) is 23.0. The van der Waals surface area contributed by atoms with Crippen LogP contribution in [0.3, 0.4) is 0 Å². The van der Waals surface area contributed by atoms with Crippen LogP contribution in [0.5, 0.6) is 5.75 Å². The van der Waals surface area contributed by atoms with Crippen molar-refractivity contribution in [2.24, 2.45) is 29.6 Å². The number of cyclic esters (lactones) is 2. The van der Waals surface area contributed by atoms with E-state index in [1.54, 1.807) is 76.2 Å². The lowest BCUT2D eigenvalue weighted by atomic mass is 9.91. The smallest absolute Gasteiger partial charge is 0.408 e. The minimum absolute atomic E-state index is 0.0523. The summed E-state index contributed by atoms with van der Waals surface area (Å²) in [7, 11) is 4.25. The van der Waals surface area contributed by atoms with Crippen molar-refractivity contribution < 1.29 is 72.0 Å². The van der Waals surface area contributed by atoms with Crippen LogP contribution in [-0.4, -0.2) is 167 Å². The number of alkyl carbamates (subject to hydrolysis) is 1. The number of likely N-dealkylation sites (N-methyl/N-ethyl adjacent to an activating group) is 2. The fraction of sp³-hybridized carbons (Fsp3) is 0.633. The van der Waals surface area contributed by atoms with Crippen LogP contribution in [-0.2, 0) is 70.4 Å². The molecule has 2 heterocycles. The highest BCUT2D eigenvalue weighted by Gasteiger charge is 2.45. The molecule has 82 heavy (non-hydrogen) atoms. The minimum Gasteiger partial charge on any atom is -0.497 e. The van der Waals surface area contributed by atoms with Gasteiger partial charge in [-0.25, -0.2) is 9.59 Å². The Hall–Kier alpha value is -7.10. The molecule has 2 aliphatic rings. The number of carbonyl (C=O) groups is 10. The molecule has 2 aromatic rings. The van der Waals surface area contributed by atoms with Gasteiger partial charge in [0.05, 0.1) is 31.6 Å². The molecule has 0 aromatic heterocycles. The molecule has 0 aliphatic carbocycles. The third kappa shape index (κ3) is 18.7. The summed E-state index contributed by atoms with van der Waals surface area (Å²) in [4.78, 5) is 147. The van der Waals surface area contributed by atoms with Crippen molar-refractivity contribution in [1.82, 2.24) is 36.0 Å². The molecular weight excluding hydrogens is 1060 g/mol. The fourth-order valence-electron chi connectivity index (χ4n) is 10.1. The maximum atomic E-state index is 15.0. The molecule has 0 unspecified atom stereocenters. The molecule has 0 saturated carbocycles. The van der Waals surface area contributed by atoms with Crippen molar-refractivity contribution in [2.75, 3.05) is 27.7 Å². The number of methoxy groups -OCH3 is 1. The summed E-state index contributed by atoms with van der Waals surface area (Å²) < 4.78 is 22.6. The molecule has 7 amide bonds. The summed E-state index contributed by atoms with van der Waals surface area (Å²) in [6.45, 7) is 18.2. The topological polar surface area (TPSA) is 286 Å². The summed E-state index contributed by atoms with van der Waals surface area (Å²) in [5, 5.41) is 22.6. The molecule has 12 atom stereocenters. The van der Waals surface area contributed by atoms with E-state index in [9.17, 15) is 48.3 Å². The average molecular weight is 1150 g/mol. The van der Waals surface area contributed by atoms with Crippen LogP contribution in [0.2, 0.25) is 0 Å². The van der Waals surface area contributed by atoms with Crippen molar-refractivity contribution in [3.8, 4) is 5.75 Å². The van der Waals surface area contributed by atoms with Crippen LogP contribution in [0.4, 0.5) is 4.79 Å². The number of nitrogens with one attached hydrogen (secondary N) is 4. The van der Waals surface area contributed by atoms with E-state index in [-0.39, 0.29) is 50.7 Å². The summed E-state index contributed by atoms with van der Waals surface area (Å²) in [5.41, 5.74) is 1.28. The lowest BCUT2D eigenvalue weighted by Gasteiger charge is -2.36. The molecule has 2 saturated heterocycles. The zero-order valence-corrected chi connectivity index (χ0v) is 50.2. The number of aliphatic hydroxyl groups excluding tert-OH is 1. The monoisotopic (exact) mass is 1150 g/mol. The molecule has 5 N–H and O–H groups in total. The lowest BCUT2D eigenvalue weighted by molar-refractivity contribution is -0.163. The second kappa shape index (κ2) is 31.4. The first kappa shape index (κ1) is 67.4. The fourth-order valence-corrected chi connectivity index (χ4v) is 10.1. The number of carbonyl (C=O) groups excluding carboxylic acids is 10. The maximum Gasteiger partial charge on any atom is 0.408 e. The quantitative estimate of drug-likeness (QED) is 0.0841. The maximum absolute atomic E-state index is 15.0. The number of hydrogen-bond donors (Lipinski definition) is 5. The molecule has 2 aromatic carbocycles. The first-order chi connectivity index (χ1) is 38.6. The molecule has 2 fully saturated rings. The van der Waals surface area contributed by atoms with E-state index in [1.165, 1.54) is 51.8 Å². The Morgan fingerprint density at radius 3 is 2.07 bits per heavy atom. The third-order valence-corrected chi connectivity index (χ3v) is 15.2. The SMILES string of the molecule is CC[C@H](C)[C@H]1NC(=O)[C@H](NC(=O)[C@@H](CC(C)C)N(C)C(=O)[C@H](C)NC(=O)OCc2ccccc2)[C@@H](C)OC(=O)[C@H](Cc2ccc(OC)cc2)N(C)C(=O)[C@@H]2CCCN2C(=O)[C@H](CC(C)C)NC(=O)[C@@H](C)C(=O)[C@H](C(C)C)OC(=O)C[C@@H]1O. The molecule has 0 bridgehead atoms. The number of ketones is 1. The van der Waals surface area contributed by atoms with Gasteiger partial charge in [-0.15, -0.1) is 0 Å². The van der Waals surface area contributed by atoms with Crippen molar-refractivity contribution in [1.29, 1.82) is 0 Å². The van der Waals surface area contributed by atoms with Gasteiger partial charge >= 0.3 is 18.0 Å². The number of benzene rings is 2. The Bertz CT molecular complexity index is 2530. The number of fused-ring (bicyclic) bond motifs is 1. The first-order valence-corrected chi connectivity index (χ1v) is 28.6. The van der Waals surface area contributed by atoms with Gasteiger partial charge < -0.3 is 60.0 Å². The van der Waals surface area contributed by atoms with Gasteiger partial charge in [0.2, 0.25) is 35.4 Å². The van der Waals surface area contributed by atoms with E-state index < -0.39 is 144 Å².